The van der Waals surface area contributed by atoms with Crippen molar-refractivity contribution in [2.75, 3.05) is 13.7 Å². The van der Waals surface area contributed by atoms with Crippen LogP contribution in [0.15, 0.2) is 66.7 Å². The Hall–Kier alpha value is -5.58. The van der Waals surface area contributed by atoms with E-state index in [1.165, 1.54) is 0 Å². The Bertz CT molecular complexity index is 2810. The summed E-state index contributed by atoms with van der Waals surface area (Å²) in [6.07, 6.45) is 3.15. The first-order chi connectivity index (χ1) is 28.8. The van der Waals surface area contributed by atoms with Gasteiger partial charge in [0, 0.05) is 57.7 Å². The molecule has 3 aromatic carbocycles. The third-order valence-electron chi connectivity index (χ3n) is 12.2. The van der Waals surface area contributed by atoms with E-state index in [9.17, 15) is 9.90 Å². The summed E-state index contributed by atoms with van der Waals surface area (Å²) < 4.78 is 17.6. The zero-order chi connectivity index (χ0) is 42.6. The molecule has 0 aliphatic carbocycles. The average Bonchev–Trinajstić information content (AvgIpc) is 3.85. The van der Waals surface area contributed by atoms with Crippen molar-refractivity contribution in [3.05, 3.63) is 127 Å². The van der Waals surface area contributed by atoms with Crippen LogP contribution in [0.5, 0.6) is 11.6 Å². The first-order valence-corrected chi connectivity index (χ1v) is 21.2. The van der Waals surface area contributed by atoms with E-state index in [0.717, 1.165) is 83.0 Å². The van der Waals surface area contributed by atoms with Gasteiger partial charge in [0.1, 0.15) is 11.4 Å². The van der Waals surface area contributed by atoms with Gasteiger partial charge >= 0.3 is 5.97 Å². The minimum Gasteiger partial charge on any atom is -0.494 e. The maximum atomic E-state index is 15.1. The predicted octanol–water partition coefficient (Wildman–Crippen LogP) is 11.1. The number of halogens is 2. The Morgan fingerprint density at radius 3 is 2.40 bits per heavy atom. The van der Waals surface area contributed by atoms with Crippen LogP contribution in [-0.4, -0.2) is 54.5 Å². The van der Waals surface area contributed by atoms with Crippen molar-refractivity contribution >= 4 is 56.8 Å². The van der Waals surface area contributed by atoms with Crippen molar-refractivity contribution in [3.63, 3.8) is 0 Å². The summed E-state index contributed by atoms with van der Waals surface area (Å²) in [6, 6.07) is 21.1. The van der Waals surface area contributed by atoms with Gasteiger partial charge in [0.2, 0.25) is 5.88 Å². The van der Waals surface area contributed by atoms with Crippen molar-refractivity contribution < 1.29 is 24.2 Å². The van der Waals surface area contributed by atoms with Crippen LogP contribution in [0.25, 0.3) is 32.9 Å². The molecule has 2 atom stereocenters. The maximum absolute atomic E-state index is 15.1. The summed E-state index contributed by atoms with van der Waals surface area (Å²) in [5, 5.41) is 18.2. The van der Waals surface area contributed by atoms with Crippen molar-refractivity contribution in [1.29, 1.82) is 0 Å². The number of aromatic nitrogens is 5. The molecule has 0 fully saturated rings. The number of benzene rings is 3. The van der Waals surface area contributed by atoms with E-state index in [1.54, 1.807) is 19.2 Å². The van der Waals surface area contributed by atoms with Gasteiger partial charge < -0.3 is 23.7 Å². The number of ketones is 1. The highest BCUT2D eigenvalue weighted by molar-refractivity contribution is 6.35. The van der Waals surface area contributed by atoms with Crippen LogP contribution in [0.2, 0.25) is 10.0 Å². The number of rotatable bonds is 13. The lowest BCUT2D eigenvalue weighted by Gasteiger charge is -2.31. The molecule has 0 bridgehead atoms. The van der Waals surface area contributed by atoms with Gasteiger partial charge in [-0.25, -0.2) is 9.78 Å². The van der Waals surface area contributed by atoms with Gasteiger partial charge in [-0.2, -0.15) is 5.10 Å². The Morgan fingerprint density at radius 2 is 1.70 bits per heavy atom. The van der Waals surface area contributed by atoms with Crippen molar-refractivity contribution in [2.24, 2.45) is 13.0 Å². The quantitative estimate of drug-likeness (QED) is 0.115. The number of aromatic carboxylic acids is 1. The van der Waals surface area contributed by atoms with Crippen LogP contribution < -0.4 is 9.47 Å². The van der Waals surface area contributed by atoms with E-state index in [4.69, 9.17) is 37.8 Å². The van der Waals surface area contributed by atoms with Gasteiger partial charge in [-0.1, -0.05) is 53.5 Å². The fourth-order valence-electron chi connectivity index (χ4n) is 9.37. The van der Waals surface area contributed by atoms with Gasteiger partial charge in [-0.15, -0.1) is 0 Å². The number of methoxy groups -OCH3 is 1. The maximum Gasteiger partial charge on any atom is 0.352 e. The standard InChI is InChI=1S/C48H49Cl2N5O5/c1-26-21-35(22-27(2)43(26)50)60-20-10-14-36-37-18-19-38(49)42(41-29(4)52-53(6)30(41)5)45(37)55-28(3)23-33(47(56)46(36)55)17-16-31-11-8-12-32-24-39(48(57)58)54(44(31)32)25-34-13-9-15-40(51-34)59-7/h8-9,11-13,15,18-19,21-22,24,28,33H,10,14,16-17,20,23,25H2,1-7H3,(H,57,58)/t28-,33?/m1/s1. The summed E-state index contributed by atoms with van der Waals surface area (Å²) >= 11 is 13.6. The number of pyridine rings is 1. The molecule has 0 radical (unpaired) electrons. The van der Waals surface area contributed by atoms with Gasteiger partial charge in [-0.05, 0) is 119 Å². The normalized spacial score (nSPS) is 15.2. The number of carbonyl (C=O) groups is 2. The van der Waals surface area contributed by atoms with Crippen LogP contribution in [0.3, 0.4) is 0 Å². The highest BCUT2D eigenvalue weighted by Crippen LogP contribution is 2.47. The minimum atomic E-state index is -1.02. The second kappa shape index (κ2) is 16.5. The van der Waals surface area contributed by atoms with Crippen molar-refractivity contribution in [3.8, 4) is 22.8 Å². The largest absolute Gasteiger partial charge is 0.494 e. The second-order valence-electron chi connectivity index (χ2n) is 16.1. The van der Waals surface area contributed by atoms with E-state index >= 15 is 4.79 Å². The Morgan fingerprint density at radius 1 is 0.950 bits per heavy atom. The van der Waals surface area contributed by atoms with Crippen LogP contribution in [-0.2, 0) is 26.4 Å². The average molecular weight is 847 g/mol. The number of nitrogens with zero attached hydrogens (tertiary/aromatic N) is 5. The number of fused-ring (bicyclic) bond motifs is 4. The zero-order valence-corrected chi connectivity index (χ0v) is 36.5. The first kappa shape index (κ1) is 41.2. The van der Waals surface area contributed by atoms with E-state index in [2.05, 4.69) is 29.5 Å². The fourth-order valence-corrected chi connectivity index (χ4v) is 9.73. The predicted molar refractivity (Wildman–Crippen MR) is 238 cm³/mol. The van der Waals surface area contributed by atoms with Crippen LogP contribution >= 0.6 is 23.2 Å². The molecule has 8 rings (SSSR count). The van der Waals surface area contributed by atoms with Crippen LogP contribution in [0, 0.1) is 33.6 Å². The fraction of sp³-hybridized carbons (Fsp3) is 0.333. The Kier molecular flexibility index (Phi) is 11.3. The number of aryl methyl sites for hydroxylation is 6. The molecule has 60 heavy (non-hydrogen) atoms. The third-order valence-corrected chi connectivity index (χ3v) is 13.1. The molecule has 7 aromatic rings. The lowest BCUT2D eigenvalue weighted by atomic mass is 9.84. The topological polar surface area (TPSA) is 113 Å². The molecule has 0 amide bonds. The smallest absolute Gasteiger partial charge is 0.352 e. The molecule has 310 valence electrons. The second-order valence-corrected chi connectivity index (χ2v) is 16.9. The number of carboxylic acid groups (broad SMARTS) is 1. The lowest BCUT2D eigenvalue weighted by Crippen LogP contribution is -2.30. The number of Topliss-reactive ketones (excluding diaryl/α,β-unsaturated/α-hetero) is 1. The Labute approximate surface area is 359 Å². The minimum absolute atomic E-state index is 0.0119. The summed E-state index contributed by atoms with van der Waals surface area (Å²) in [6.45, 7) is 10.9. The molecule has 0 saturated heterocycles. The molecule has 12 heteroatoms. The van der Waals surface area contributed by atoms with Crippen molar-refractivity contribution in [1.82, 2.24) is 23.9 Å². The molecule has 1 aliphatic heterocycles. The van der Waals surface area contributed by atoms with E-state index < -0.39 is 5.97 Å². The highest BCUT2D eigenvalue weighted by Gasteiger charge is 2.37. The van der Waals surface area contributed by atoms with Gasteiger partial charge in [0.25, 0.3) is 0 Å². The van der Waals surface area contributed by atoms with E-state index in [1.807, 2.05) is 85.6 Å². The van der Waals surface area contributed by atoms with Gasteiger partial charge in [0.15, 0.2) is 5.78 Å². The van der Waals surface area contributed by atoms with E-state index in [0.29, 0.717) is 55.3 Å². The SMILES string of the molecule is COc1cccc(Cn2c(C(=O)O)cc3cccc(CCC4C[C@@H](C)n5c(c(CCCOc6cc(C)c(Cl)c(C)c6)c6ccc(Cl)c(-c7c(C)nn(C)c7C)c65)C4=O)c32)n1. The molecule has 10 nitrogen and oxygen atoms in total. The zero-order valence-electron chi connectivity index (χ0n) is 35.0. The molecule has 0 spiro atoms. The first-order valence-electron chi connectivity index (χ1n) is 20.4. The third kappa shape index (κ3) is 7.34. The van der Waals surface area contributed by atoms with Gasteiger partial charge in [0.05, 0.1) is 53.4 Å². The molecular weight excluding hydrogens is 797 g/mol. The molecule has 5 heterocycles. The molecular formula is C48H49Cl2N5O5. The summed E-state index contributed by atoms with van der Waals surface area (Å²) in [5.41, 5.74) is 11.1. The van der Waals surface area contributed by atoms with Crippen molar-refractivity contribution in [2.45, 2.75) is 79.3 Å². The number of carbonyl (C=O) groups excluding carboxylic acids is 1. The molecule has 0 saturated carbocycles. The monoisotopic (exact) mass is 845 g/mol. The number of hydrogen-bond acceptors (Lipinski definition) is 6. The van der Waals surface area contributed by atoms with E-state index in [-0.39, 0.29) is 30.0 Å². The molecule has 1 N–H and O–H groups in total. The molecule has 1 unspecified atom stereocenters. The number of para-hydroxylation sites is 1. The summed E-state index contributed by atoms with van der Waals surface area (Å²) in [5.74, 6) is 0.0696. The lowest BCUT2D eigenvalue weighted by molar-refractivity contribution is 0.0686. The van der Waals surface area contributed by atoms with Crippen LogP contribution in [0.1, 0.15) is 92.5 Å². The van der Waals surface area contributed by atoms with Crippen LogP contribution in [0.4, 0.5) is 0 Å². The highest BCUT2D eigenvalue weighted by atomic mass is 35.5. The number of carboxylic acids is 1. The molecule has 4 aromatic heterocycles. The summed E-state index contributed by atoms with van der Waals surface area (Å²) in [7, 11) is 3.50. The number of ether oxygens (including phenoxy) is 2. The number of hydrogen-bond donors (Lipinski definition) is 1. The summed E-state index contributed by atoms with van der Waals surface area (Å²) in [4.78, 5) is 32.3. The Balaban J connectivity index is 1.16. The molecule has 1 aliphatic rings. The van der Waals surface area contributed by atoms with Gasteiger partial charge in [-0.3, -0.25) is 9.48 Å².